The maximum atomic E-state index is 14.0. The number of sulfonamides is 1. The van der Waals surface area contributed by atoms with E-state index in [1.165, 1.54) is 4.31 Å². The number of halogens is 1. The molecule has 3 atom stereocenters. The molecule has 2 heterocycles. The van der Waals surface area contributed by atoms with E-state index in [1.54, 1.807) is 24.4 Å². The number of fused-ring (bicyclic) bond motifs is 1. The summed E-state index contributed by atoms with van der Waals surface area (Å²) < 4.78 is 43.1. The first kappa shape index (κ1) is 23.3. The van der Waals surface area contributed by atoms with Gasteiger partial charge in [0.2, 0.25) is 10.0 Å². The zero-order chi connectivity index (χ0) is 23.0. The van der Waals surface area contributed by atoms with Crippen LogP contribution in [0.5, 0.6) is 0 Å². The minimum Gasteiger partial charge on any atom is -0.255 e. The largest absolute Gasteiger partial charge is 0.255 e. The maximum absolute atomic E-state index is 14.0. The smallest absolute Gasteiger partial charge is 0.246 e. The number of pyridine rings is 1. The van der Waals surface area contributed by atoms with E-state index in [9.17, 15) is 12.6 Å². The van der Waals surface area contributed by atoms with Crippen molar-refractivity contribution in [2.45, 2.75) is 42.6 Å². The fraction of sp³-hybridized carbons (Fsp3) is 0.292. The molecule has 0 unspecified atom stereocenters. The zero-order valence-electron chi connectivity index (χ0n) is 18.1. The number of para-hydroxylation sites is 1. The SMILES string of the molecule is Cc1ccc([S@](=O)C2=C[C@@H](CBr)N(S(=O)(=O)c3cccc4cccnc34)[C@H]2C(C)C)cc1. The zero-order valence-corrected chi connectivity index (χ0v) is 21.3. The second-order valence-corrected chi connectivity index (χ2v) is 12.2. The van der Waals surface area contributed by atoms with Crippen LogP contribution in [0, 0.1) is 12.8 Å². The molecule has 0 spiro atoms. The molecule has 0 saturated heterocycles. The number of hydrogen-bond acceptors (Lipinski definition) is 4. The molecule has 5 nitrogen and oxygen atoms in total. The summed E-state index contributed by atoms with van der Waals surface area (Å²) in [6, 6.07) is 15.4. The van der Waals surface area contributed by atoms with Gasteiger partial charge in [0.05, 0.1) is 28.4 Å². The van der Waals surface area contributed by atoms with Crippen molar-refractivity contribution in [3.8, 4) is 0 Å². The first-order valence-electron chi connectivity index (χ1n) is 10.4. The fourth-order valence-corrected chi connectivity index (χ4v) is 8.46. The molecule has 3 aromatic rings. The third-order valence-corrected chi connectivity index (χ3v) is 9.75. The first-order chi connectivity index (χ1) is 15.3. The van der Waals surface area contributed by atoms with Crippen molar-refractivity contribution in [1.29, 1.82) is 0 Å². The van der Waals surface area contributed by atoms with Gasteiger partial charge in [-0.15, -0.1) is 0 Å². The molecule has 0 N–H and O–H groups in total. The molecular weight excluding hydrogens is 508 g/mol. The topological polar surface area (TPSA) is 67.3 Å². The summed E-state index contributed by atoms with van der Waals surface area (Å²) in [4.78, 5) is 5.83. The van der Waals surface area contributed by atoms with Gasteiger partial charge in [-0.25, -0.2) is 12.6 Å². The third-order valence-electron chi connectivity index (χ3n) is 5.64. The molecule has 1 aromatic heterocycles. The van der Waals surface area contributed by atoms with Gasteiger partial charge in [-0.1, -0.05) is 71.7 Å². The Labute approximate surface area is 200 Å². The molecule has 0 bridgehead atoms. The van der Waals surface area contributed by atoms with Crippen molar-refractivity contribution in [1.82, 2.24) is 9.29 Å². The van der Waals surface area contributed by atoms with Crippen molar-refractivity contribution in [3.05, 3.63) is 77.3 Å². The summed E-state index contributed by atoms with van der Waals surface area (Å²) in [7, 11) is -5.38. The van der Waals surface area contributed by atoms with Crippen molar-refractivity contribution in [3.63, 3.8) is 0 Å². The highest BCUT2D eigenvalue weighted by atomic mass is 79.9. The van der Waals surface area contributed by atoms with E-state index in [4.69, 9.17) is 0 Å². The van der Waals surface area contributed by atoms with Gasteiger partial charge in [0, 0.05) is 26.7 Å². The normalized spacial score (nSPS) is 20.6. The minimum absolute atomic E-state index is 0.0718. The molecule has 0 fully saturated rings. The van der Waals surface area contributed by atoms with Crippen LogP contribution in [0.4, 0.5) is 0 Å². The summed E-state index contributed by atoms with van der Waals surface area (Å²) in [5.74, 6) is -0.0718. The molecule has 4 rings (SSSR count). The van der Waals surface area contributed by atoms with Gasteiger partial charge in [0.25, 0.3) is 0 Å². The summed E-state index contributed by atoms with van der Waals surface area (Å²) in [5.41, 5.74) is 1.52. The first-order valence-corrected chi connectivity index (χ1v) is 14.1. The van der Waals surface area contributed by atoms with Crippen molar-refractivity contribution in [2.24, 2.45) is 5.92 Å². The van der Waals surface area contributed by atoms with Crippen LogP contribution in [0.25, 0.3) is 10.9 Å². The average molecular weight is 534 g/mol. The van der Waals surface area contributed by atoms with Gasteiger partial charge >= 0.3 is 0 Å². The molecule has 32 heavy (non-hydrogen) atoms. The lowest BCUT2D eigenvalue weighted by Crippen LogP contribution is -2.46. The van der Waals surface area contributed by atoms with Crippen molar-refractivity contribution < 1.29 is 12.6 Å². The minimum atomic E-state index is -3.92. The molecule has 2 aromatic carbocycles. The highest BCUT2D eigenvalue weighted by molar-refractivity contribution is 9.09. The summed E-state index contributed by atoms with van der Waals surface area (Å²) >= 11 is 3.49. The summed E-state index contributed by atoms with van der Waals surface area (Å²) in [6.07, 6.45) is 3.45. The highest BCUT2D eigenvalue weighted by Crippen LogP contribution is 2.39. The molecule has 1 aliphatic rings. The third kappa shape index (κ3) is 4.09. The Balaban J connectivity index is 1.83. The number of nitrogens with zero attached hydrogens (tertiary/aromatic N) is 2. The van der Waals surface area contributed by atoms with Gasteiger partial charge < -0.3 is 0 Å². The Morgan fingerprint density at radius 1 is 1.09 bits per heavy atom. The van der Waals surface area contributed by atoms with E-state index in [-0.39, 0.29) is 10.8 Å². The number of alkyl halides is 1. The molecule has 0 saturated carbocycles. The summed E-state index contributed by atoms with van der Waals surface area (Å²) in [6.45, 7) is 5.91. The van der Waals surface area contributed by atoms with Gasteiger partial charge in [-0.2, -0.15) is 4.31 Å². The van der Waals surface area contributed by atoms with Crippen LogP contribution in [0.3, 0.4) is 0 Å². The lowest BCUT2D eigenvalue weighted by molar-refractivity contribution is 0.300. The number of aromatic nitrogens is 1. The van der Waals surface area contributed by atoms with Crippen LogP contribution in [-0.4, -0.2) is 39.3 Å². The highest BCUT2D eigenvalue weighted by Gasteiger charge is 2.46. The van der Waals surface area contributed by atoms with Crippen molar-refractivity contribution in [2.75, 3.05) is 5.33 Å². The number of benzene rings is 2. The fourth-order valence-electron chi connectivity index (χ4n) is 4.12. The Morgan fingerprint density at radius 2 is 1.78 bits per heavy atom. The van der Waals surface area contributed by atoms with Crippen LogP contribution in [0.1, 0.15) is 19.4 Å². The van der Waals surface area contributed by atoms with Gasteiger partial charge in [0.15, 0.2) is 0 Å². The number of rotatable bonds is 6. The molecule has 8 heteroatoms. The van der Waals surface area contributed by atoms with Crippen LogP contribution >= 0.6 is 15.9 Å². The van der Waals surface area contributed by atoms with E-state index < -0.39 is 32.9 Å². The van der Waals surface area contributed by atoms with Crippen LogP contribution in [-0.2, 0) is 20.8 Å². The molecule has 0 aliphatic carbocycles. The van der Waals surface area contributed by atoms with Crippen molar-refractivity contribution >= 4 is 47.7 Å². The standard InChI is InChI=1S/C24H25BrN2O3S2/c1-16(2)24-21(31(28)20-11-9-17(3)10-12-20)14-19(15-25)27(24)32(29,30)22-8-4-6-18-7-5-13-26-23(18)22/h4-14,16,19,24H,15H2,1-3H3/t19-,24-,31-/m0/s1. The predicted molar refractivity (Wildman–Crippen MR) is 133 cm³/mol. The van der Waals surface area contributed by atoms with Gasteiger partial charge in [0.1, 0.15) is 4.90 Å². The Kier molecular flexibility index (Phi) is 6.68. The Hall–Kier alpha value is -1.87. The number of aryl methyl sites for hydroxylation is 1. The van der Waals surface area contributed by atoms with E-state index >= 15 is 0 Å². The predicted octanol–water partition coefficient (Wildman–Crippen LogP) is 5.03. The number of hydrogen-bond donors (Lipinski definition) is 0. The molecule has 0 radical (unpaired) electrons. The monoisotopic (exact) mass is 532 g/mol. The molecule has 168 valence electrons. The van der Waals surface area contributed by atoms with Crippen LogP contribution in [0.2, 0.25) is 0 Å². The lowest BCUT2D eigenvalue weighted by atomic mass is 10.1. The van der Waals surface area contributed by atoms with E-state index in [1.807, 2.05) is 63.2 Å². The molecule has 1 aliphatic heterocycles. The maximum Gasteiger partial charge on any atom is 0.246 e. The van der Waals surface area contributed by atoms with E-state index in [0.29, 0.717) is 20.6 Å². The van der Waals surface area contributed by atoms with Gasteiger partial charge in [-0.3, -0.25) is 4.98 Å². The van der Waals surface area contributed by atoms with Crippen LogP contribution < -0.4 is 0 Å². The average Bonchev–Trinajstić information content (AvgIpc) is 3.20. The Bertz CT molecular complexity index is 1300. The summed E-state index contributed by atoms with van der Waals surface area (Å²) in [5, 5.41) is 1.17. The Morgan fingerprint density at radius 3 is 2.44 bits per heavy atom. The molecular formula is C24H25BrN2O3S2. The second-order valence-electron chi connectivity index (χ2n) is 8.23. The lowest BCUT2D eigenvalue weighted by Gasteiger charge is -2.32. The second kappa shape index (κ2) is 9.17. The van der Waals surface area contributed by atoms with Crippen LogP contribution in [0.15, 0.2) is 81.6 Å². The van der Waals surface area contributed by atoms with Gasteiger partial charge in [-0.05, 0) is 37.1 Å². The van der Waals surface area contributed by atoms with E-state index in [2.05, 4.69) is 20.9 Å². The quantitative estimate of drug-likeness (QED) is 0.417. The van der Waals surface area contributed by atoms with E-state index in [0.717, 1.165) is 10.9 Å². The molecule has 0 amide bonds.